The van der Waals surface area contributed by atoms with Crippen molar-refractivity contribution in [2.45, 2.75) is 57.5 Å². The fourth-order valence-corrected chi connectivity index (χ4v) is 3.98. The van der Waals surface area contributed by atoms with Gasteiger partial charge in [-0.25, -0.2) is 4.98 Å². The maximum atomic E-state index is 9.43. The molecule has 128 valence electrons. The van der Waals surface area contributed by atoms with Gasteiger partial charge < -0.3 is 15.3 Å². The number of fused-ring (bicyclic) bond motifs is 1. The van der Waals surface area contributed by atoms with Crippen molar-refractivity contribution in [2.75, 3.05) is 23.4 Å². The fourth-order valence-electron chi connectivity index (χ4n) is 3.98. The summed E-state index contributed by atoms with van der Waals surface area (Å²) in [4.78, 5) is 7.25. The molecule has 0 amide bonds. The molecule has 4 heteroatoms. The highest BCUT2D eigenvalue weighted by molar-refractivity contribution is 6.02. The van der Waals surface area contributed by atoms with E-state index in [4.69, 9.17) is 4.98 Å². The van der Waals surface area contributed by atoms with Crippen molar-refractivity contribution in [3.8, 4) is 0 Å². The van der Waals surface area contributed by atoms with Crippen LogP contribution in [0.3, 0.4) is 0 Å². The van der Waals surface area contributed by atoms with E-state index in [2.05, 4.69) is 35.3 Å². The van der Waals surface area contributed by atoms with Crippen LogP contribution in [0.4, 0.5) is 11.5 Å². The maximum absolute atomic E-state index is 9.43. The van der Waals surface area contributed by atoms with E-state index in [1.807, 2.05) is 6.20 Å². The average molecular weight is 325 g/mol. The summed E-state index contributed by atoms with van der Waals surface area (Å²) in [6, 6.07) is 7.58. The van der Waals surface area contributed by atoms with Crippen LogP contribution in [0.1, 0.15) is 44.1 Å². The summed E-state index contributed by atoms with van der Waals surface area (Å²) >= 11 is 0. The van der Waals surface area contributed by atoms with Gasteiger partial charge in [0, 0.05) is 47.9 Å². The molecule has 2 aromatic rings. The average Bonchev–Trinajstić information content (AvgIpc) is 3.41. The number of piperidine rings is 1. The van der Waals surface area contributed by atoms with Crippen molar-refractivity contribution in [3.63, 3.8) is 0 Å². The number of aliphatic hydroxyl groups excluding tert-OH is 1. The highest BCUT2D eigenvalue weighted by atomic mass is 16.3. The number of nitrogens with one attached hydrogen (secondary N) is 1. The van der Waals surface area contributed by atoms with Gasteiger partial charge in [0.25, 0.3) is 0 Å². The van der Waals surface area contributed by atoms with E-state index in [1.54, 1.807) is 0 Å². The Labute approximate surface area is 143 Å². The number of hydrogen-bond donors (Lipinski definition) is 2. The van der Waals surface area contributed by atoms with Crippen LogP contribution < -0.4 is 10.2 Å². The molecule has 24 heavy (non-hydrogen) atoms. The fraction of sp³-hybridized carbons (Fsp3) is 0.550. The first-order valence-corrected chi connectivity index (χ1v) is 9.30. The third-order valence-corrected chi connectivity index (χ3v) is 5.38. The van der Waals surface area contributed by atoms with Crippen LogP contribution in [-0.2, 0) is 0 Å². The van der Waals surface area contributed by atoms with Gasteiger partial charge in [-0.2, -0.15) is 0 Å². The summed E-state index contributed by atoms with van der Waals surface area (Å²) in [7, 11) is 0. The van der Waals surface area contributed by atoms with Crippen molar-refractivity contribution < 1.29 is 5.11 Å². The number of benzene rings is 1. The molecule has 2 heterocycles. The molecule has 1 aromatic heterocycles. The quantitative estimate of drug-likeness (QED) is 0.876. The third-order valence-electron chi connectivity index (χ3n) is 5.38. The lowest BCUT2D eigenvalue weighted by molar-refractivity contribution is 0.262. The predicted molar refractivity (Wildman–Crippen MR) is 99.8 cm³/mol. The molecule has 2 N–H and O–H groups in total. The Morgan fingerprint density at radius 3 is 2.92 bits per heavy atom. The zero-order chi connectivity index (χ0) is 16.5. The van der Waals surface area contributed by atoms with Gasteiger partial charge in [-0.1, -0.05) is 12.1 Å². The molecule has 2 fully saturated rings. The molecule has 1 saturated carbocycles. The zero-order valence-electron chi connectivity index (χ0n) is 14.5. The number of anilines is 2. The predicted octanol–water partition coefficient (Wildman–Crippen LogP) is 3.86. The number of nitrogens with zero attached hydrogens (tertiary/aromatic N) is 2. The molecular weight excluding hydrogens is 298 g/mol. The summed E-state index contributed by atoms with van der Waals surface area (Å²) in [6.07, 6.45) is 9.00. The molecule has 1 atom stereocenters. The molecule has 1 unspecified atom stereocenters. The second-order valence-electron chi connectivity index (χ2n) is 7.27. The van der Waals surface area contributed by atoms with Gasteiger partial charge in [-0.05, 0) is 57.1 Å². The molecule has 1 saturated heterocycles. The lowest BCUT2D eigenvalue weighted by atomic mass is 9.98. The molecule has 1 aliphatic carbocycles. The van der Waals surface area contributed by atoms with Gasteiger partial charge in [-0.3, -0.25) is 0 Å². The molecule has 4 rings (SSSR count). The number of pyridine rings is 1. The van der Waals surface area contributed by atoms with E-state index < -0.39 is 0 Å². The molecule has 1 aliphatic heterocycles. The molecular formula is C20H27N3O. The van der Waals surface area contributed by atoms with Crippen LogP contribution in [0.15, 0.2) is 24.4 Å². The number of rotatable bonds is 5. The molecule has 1 aromatic carbocycles. The Morgan fingerprint density at radius 2 is 2.12 bits per heavy atom. The highest BCUT2D eigenvalue weighted by Gasteiger charge is 2.26. The van der Waals surface area contributed by atoms with Crippen molar-refractivity contribution >= 4 is 22.3 Å². The summed E-state index contributed by atoms with van der Waals surface area (Å²) < 4.78 is 0. The van der Waals surface area contributed by atoms with E-state index in [-0.39, 0.29) is 6.61 Å². The lowest BCUT2D eigenvalue weighted by Gasteiger charge is -2.37. The van der Waals surface area contributed by atoms with E-state index in [0.717, 1.165) is 25.2 Å². The number of aliphatic hydroxyl groups is 1. The molecule has 0 radical (unpaired) electrons. The number of aromatic nitrogens is 1. The normalized spacial score (nSPS) is 21.2. The Morgan fingerprint density at radius 1 is 1.25 bits per heavy atom. The molecule has 2 aliphatic rings. The first-order chi connectivity index (χ1) is 11.8. The van der Waals surface area contributed by atoms with Crippen LogP contribution in [-0.4, -0.2) is 35.3 Å². The van der Waals surface area contributed by atoms with E-state index in [0.29, 0.717) is 12.1 Å². The minimum Gasteiger partial charge on any atom is -0.396 e. The standard InChI is InChI=1S/C20H27N3O/c1-14-13-21-20(23-11-3-2-5-16(23)10-12-24)17-6-4-7-18(19(14)17)22-15-8-9-15/h4,6-7,13,15-16,22,24H,2-3,5,8-12H2,1H3. The summed E-state index contributed by atoms with van der Waals surface area (Å²) in [5.74, 6) is 1.09. The largest absolute Gasteiger partial charge is 0.396 e. The van der Waals surface area contributed by atoms with Crippen LogP contribution in [0.25, 0.3) is 10.8 Å². The SMILES string of the molecule is Cc1cnc(N2CCCCC2CCO)c2cccc(NC3CC3)c12. The topological polar surface area (TPSA) is 48.4 Å². The summed E-state index contributed by atoms with van der Waals surface area (Å²) in [6.45, 7) is 3.44. The van der Waals surface area contributed by atoms with Crippen molar-refractivity contribution in [1.82, 2.24) is 4.98 Å². The van der Waals surface area contributed by atoms with Crippen molar-refractivity contribution in [1.29, 1.82) is 0 Å². The van der Waals surface area contributed by atoms with Crippen LogP contribution in [0.5, 0.6) is 0 Å². The van der Waals surface area contributed by atoms with Gasteiger partial charge in [0.2, 0.25) is 0 Å². The monoisotopic (exact) mass is 325 g/mol. The first-order valence-electron chi connectivity index (χ1n) is 9.30. The Bertz CT molecular complexity index is 724. The van der Waals surface area contributed by atoms with E-state index >= 15 is 0 Å². The van der Waals surface area contributed by atoms with Gasteiger partial charge in [0.15, 0.2) is 0 Å². The minimum absolute atomic E-state index is 0.249. The summed E-state index contributed by atoms with van der Waals surface area (Å²) in [5, 5.41) is 15.7. The van der Waals surface area contributed by atoms with Gasteiger partial charge in [0.1, 0.15) is 5.82 Å². The second-order valence-corrected chi connectivity index (χ2v) is 7.27. The van der Waals surface area contributed by atoms with Crippen molar-refractivity contribution in [2.24, 2.45) is 0 Å². The van der Waals surface area contributed by atoms with E-state index in [9.17, 15) is 5.11 Å². The highest BCUT2D eigenvalue weighted by Crippen LogP contribution is 2.37. The minimum atomic E-state index is 0.249. The smallest absolute Gasteiger partial charge is 0.136 e. The molecule has 4 nitrogen and oxygen atoms in total. The summed E-state index contributed by atoms with van der Waals surface area (Å²) in [5.41, 5.74) is 2.47. The van der Waals surface area contributed by atoms with Gasteiger partial charge in [0.05, 0.1) is 0 Å². The Balaban J connectivity index is 1.78. The zero-order valence-corrected chi connectivity index (χ0v) is 14.5. The molecule has 0 spiro atoms. The first kappa shape index (κ1) is 15.7. The van der Waals surface area contributed by atoms with Gasteiger partial charge >= 0.3 is 0 Å². The maximum Gasteiger partial charge on any atom is 0.136 e. The number of aryl methyl sites for hydroxylation is 1. The Kier molecular flexibility index (Phi) is 4.31. The van der Waals surface area contributed by atoms with Gasteiger partial charge in [-0.15, -0.1) is 0 Å². The van der Waals surface area contributed by atoms with E-state index in [1.165, 1.54) is 47.7 Å². The van der Waals surface area contributed by atoms with Crippen molar-refractivity contribution in [3.05, 3.63) is 30.0 Å². The number of hydrogen-bond acceptors (Lipinski definition) is 4. The van der Waals surface area contributed by atoms with Crippen LogP contribution >= 0.6 is 0 Å². The second kappa shape index (κ2) is 6.60. The van der Waals surface area contributed by atoms with Crippen LogP contribution in [0, 0.1) is 6.92 Å². The van der Waals surface area contributed by atoms with Crippen LogP contribution in [0.2, 0.25) is 0 Å². The third kappa shape index (κ3) is 2.95. The molecule has 0 bridgehead atoms. The lowest BCUT2D eigenvalue weighted by Crippen LogP contribution is -2.40. The Hall–Kier alpha value is -1.81.